The van der Waals surface area contributed by atoms with Crippen LogP contribution in [-0.2, 0) is 11.3 Å². The molecule has 152 valence electrons. The lowest BCUT2D eigenvalue weighted by atomic mass is 10.2. The van der Waals surface area contributed by atoms with Gasteiger partial charge in [-0.2, -0.15) is 13.2 Å². The summed E-state index contributed by atoms with van der Waals surface area (Å²) in [6.45, 7) is 3.55. The van der Waals surface area contributed by atoms with Gasteiger partial charge in [-0.3, -0.25) is 9.79 Å². The number of benzene rings is 1. The van der Waals surface area contributed by atoms with Gasteiger partial charge in [0.1, 0.15) is 0 Å². The fourth-order valence-corrected chi connectivity index (χ4v) is 2.71. The topological polar surface area (TPSA) is 47.9 Å². The summed E-state index contributed by atoms with van der Waals surface area (Å²) in [6.07, 6.45) is -5.22. The number of hydrogen-bond acceptors (Lipinski definition) is 2. The molecule has 1 heterocycles. The Morgan fingerprint density at radius 2 is 1.93 bits per heavy atom. The van der Waals surface area contributed by atoms with Crippen molar-refractivity contribution in [3.05, 3.63) is 34.9 Å². The van der Waals surface area contributed by atoms with Gasteiger partial charge in [0.25, 0.3) is 0 Å². The molecule has 1 fully saturated rings. The van der Waals surface area contributed by atoms with Crippen molar-refractivity contribution in [3.8, 4) is 0 Å². The monoisotopic (exact) mass is 518 g/mol. The van der Waals surface area contributed by atoms with Crippen molar-refractivity contribution in [2.45, 2.75) is 26.1 Å². The third-order valence-corrected chi connectivity index (χ3v) is 4.15. The first kappa shape index (κ1) is 23.8. The highest BCUT2D eigenvalue weighted by atomic mass is 127. The van der Waals surface area contributed by atoms with Crippen LogP contribution in [0, 0.1) is 0 Å². The second kappa shape index (κ2) is 10.9. The van der Waals surface area contributed by atoms with Gasteiger partial charge in [-0.15, -0.1) is 24.0 Å². The molecule has 0 saturated carbocycles. The number of nitrogens with one attached hydrogen (secondary N) is 1. The molecule has 0 spiro atoms. The maximum Gasteiger partial charge on any atom is 0.390 e. The molecular formula is C17H23ClF3IN4O. The average Bonchev–Trinajstić information content (AvgIpc) is 2.57. The van der Waals surface area contributed by atoms with Crippen LogP contribution in [0.25, 0.3) is 0 Å². The Hall–Kier alpha value is -1.23. The maximum atomic E-state index is 12.4. The minimum atomic E-state index is -4.24. The van der Waals surface area contributed by atoms with Crippen molar-refractivity contribution < 1.29 is 18.0 Å². The number of hydrogen-bond donors (Lipinski definition) is 1. The van der Waals surface area contributed by atoms with Crippen LogP contribution < -0.4 is 5.32 Å². The Morgan fingerprint density at radius 3 is 2.48 bits per heavy atom. The van der Waals surface area contributed by atoms with E-state index in [9.17, 15) is 18.0 Å². The summed E-state index contributed by atoms with van der Waals surface area (Å²) < 4.78 is 36.9. The summed E-state index contributed by atoms with van der Waals surface area (Å²) in [7, 11) is 0. The number of carbonyl (C=O) groups is 1. The van der Waals surface area contributed by atoms with Crippen LogP contribution in [0.2, 0.25) is 5.02 Å². The lowest BCUT2D eigenvalue weighted by Crippen LogP contribution is -2.55. The van der Waals surface area contributed by atoms with E-state index in [0.717, 1.165) is 5.56 Å². The molecule has 1 amide bonds. The Balaban J connectivity index is 0.00000364. The first-order chi connectivity index (χ1) is 12.3. The molecule has 0 bridgehead atoms. The Kier molecular flexibility index (Phi) is 9.65. The van der Waals surface area contributed by atoms with Crippen LogP contribution in [0.4, 0.5) is 13.2 Å². The van der Waals surface area contributed by atoms with Crippen molar-refractivity contribution in [2.75, 3.05) is 32.7 Å². The normalized spacial score (nSPS) is 15.6. The molecule has 2 rings (SSSR count). The highest BCUT2D eigenvalue weighted by Crippen LogP contribution is 2.19. The minimum Gasteiger partial charge on any atom is -0.357 e. The third-order valence-electron chi connectivity index (χ3n) is 3.90. The molecule has 1 aliphatic rings. The molecule has 27 heavy (non-hydrogen) atoms. The maximum absolute atomic E-state index is 12.4. The largest absolute Gasteiger partial charge is 0.390 e. The van der Waals surface area contributed by atoms with Crippen molar-refractivity contribution in [1.82, 2.24) is 15.1 Å². The van der Waals surface area contributed by atoms with Gasteiger partial charge in [0, 0.05) is 31.2 Å². The molecule has 1 N–H and O–H groups in total. The number of amides is 1. The predicted octanol–water partition coefficient (Wildman–Crippen LogP) is 3.52. The summed E-state index contributed by atoms with van der Waals surface area (Å²) >= 11 is 5.86. The van der Waals surface area contributed by atoms with E-state index in [2.05, 4.69) is 10.3 Å². The molecule has 1 aromatic rings. The van der Waals surface area contributed by atoms with Crippen molar-refractivity contribution >= 4 is 47.4 Å². The molecule has 0 unspecified atom stereocenters. The van der Waals surface area contributed by atoms with Gasteiger partial charge >= 0.3 is 6.18 Å². The second-order valence-electron chi connectivity index (χ2n) is 5.96. The fraction of sp³-hybridized carbons (Fsp3) is 0.529. The first-order valence-electron chi connectivity index (χ1n) is 8.40. The van der Waals surface area contributed by atoms with Gasteiger partial charge < -0.3 is 15.1 Å². The van der Waals surface area contributed by atoms with Gasteiger partial charge in [-0.1, -0.05) is 23.7 Å². The molecule has 0 aliphatic carbocycles. The lowest BCUT2D eigenvalue weighted by Gasteiger charge is -2.36. The number of carbonyl (C=O) groups excluding carboxylic acids is 1. The van der Waals surface area contributed by atoms with Crippen molar-refractivity contribution in [1.29, 1.82) is 0 Å². The van der Waals surface area contributed by atoms with Crippen LogP contribution in [0.5, 0.6) is 0 Å². The molecule has 1 saturated heterocycles. The second-order valence-corrected chi connectivity index (χ2v) is 6.40. The standard InChI is InChI=1S/C17H22ClF3N4O.HI/c1-2-22-16(23-8-7-17(19,20)21)25-10-9-24(15(26)12-25)11-13-3-5-14(18)6-4-13;/h3-6H,2,7-12H2,1H3,(H,22,23);1H. The number of alkyl halides is 3. The smallest absolute Gasteiger partial charge is 0.357 e. The predicted molar refractivity (Wildman–Crippen MR) is 111 cm³/mol. The molecule has 1 aromatic carbocycles. The highest BCUT2D eigenvalue weighted by Gasteiger charge is 2.28. The Morgan fingerprint density at radius 1 is 1.26 bits per heavy atom. The van der Waals surface area contributed by atoms with Crippen LogP contribution in [-0.4, -0.2) is 60.6 Å². The van der Waals surface area contributed by atoms with E-state index >= 15 is 0 Å². The third kappa shape index (κ3) is 8.12. The molecule has 0 atom stereocenters. The van der Waals surface area contributed by atoms with Crippen LogP contribution in [0.3, 0.4) is 0 Å². The zero-order chi connectivity index (χ0) is 19.2. The first-order valence-corrected chi connectivity index (χ1v) is 8.78. The van der Waals surface area contributed by atoms with Gasteiger partial charge in [-0.25, -0.2) is 0 Å². The summed E-state index contributed by atoms with van der Waals surface area (Å²) in [5.41, 5.74) is 0.974. The van der Waals surface area contributed by atoms with E-state index in [1.165, 1.54) is 0 Å². The summed E-state index contributed by atoms with van der Waals surface area (Å²) in [5.74, 6) is 0.254. The molecule has 1 aliphatic heterocycles. The SMILES string of the molecule is CCNC(=NCCC(F)(F)F)N1CCN(Cc2ccc(Cl)cc2)C(=O)C1.I. The van der Waals surface area contributed by atoms with Gasteiger partial charge in [0.15, 0.2) is 5.96 Å². The fourth-order valence-electron chi connectivity index (χ4n) is 2.58. The minimum absolute atomic E-state index is 0. The number of rotatable bonds is 5. The number of piperazine rings is 1. The molecule has 5 nitrogen and oxygen atoms in total. The van der Waals surface area contributed by atoms with E-state index < -0.39 is 12.6 Å². The highest BCUT2D eigenvalue weighted by molar-refractivity contribution is 14.0. The van der Waals surface area contributed by atoms with Crippen LogP contribution >= 0.6 is 35.6 Å². The van der Waals surface area contributed by atoms with E-state index in [0.29, 0.717) is 37.2 Å². The quantitative estimate of drug-likeness (QED) is 0.369. The van der Waals surface area contributed by atoms with Gasteiger partial charge in [0.2, 0.25) is 5.91 Å². The number of halogens is 5. The van der Waals surface area contributed by atoms with Crippen LogP contribution in [0.1, 0.15) is 18.9 Å². The van der Waals surface area contributed by atoms with Crippen LogP contribution in [0.15, 0.2) is 29.3 Å². The van der Waals surface area contributed by atoms with E-state index in [1.54, 1.807) is 21.9 Å². The van der Waals surface area contributed by atoms with E-state index in [4.69, 9.17) is 11.6 Å². The molecule has 0 aromatic heterocycles. The molecule has 10 heteroatoms. The average molecular weight is 519 g/mol. The van der Waals surface area contributed by atoms with Gasteiger partial charge in [-0.05, 0) is 24.6 Å². The van der Waals surface area contributed by atoms with E-state index in [-0.39, 0.29) is 43.0 Å². The Bertz CT molecular complexity index is 640. The number of aliphatic imine (C=N–C) groups is 1. The molecular weight excluding hydrogens is 496 g/mol. The summed E-state index contributed by atoms with van der Waals surface area (Å²) in [4.78, 5) is 19.8. The summed E-state index contributed by atoms with van der Waals surface area (Å²) in [5, 5.41) is 3.59. The van der Waals surface area contributed by atoms with Gasteiger partial charge in [0.05, 0.1) is 19.5 Å². The lowest BCUT2D eigenvalue weighted by molar-refractivity contribution is -0.135. The van der Waals surface area contributed by atoms with Crippen molar-refractivity contribution in [3.63, 3.8) is 0 Å². The number of guanidine groups is 1. The van der Waals surface area contributed by atoms with Crippen molar-refractivity contribution in [2.24, 2.45) is 4.99 Å². The molecule has 0 radical (unpaired) electrons. The number of nitrogens with zero attached hydrogens (tertiary/aromatic N) is 3. The zero-order valence-electron chi connectivity index (χ0n) is 14.9. The summed E-state index contributed by atoms with van der Waals surface area (Å²) in [6, 6.07) is 7.28. The Labute approximate surface area is 179 Å². The zero-order valence-corrected chi connectivity index (χ0v) is 18.0. The van der Waals surface area contributed by atoms with E-state index in [1.807, 2.05) is 19.1 Å².